The van der Waals surface area contributed by atoms with Crippen molar-refractivity contribution in [3.63, 3.8) is 0 Å². The highest BCUT2D eigenvalue weighted by Gasteiger charge is 2.13. The summed E-state index contributed by atoms with van der Waals surface area (Å²) >= 11 is 0. The summed E-state index contributed by atoms with van der Waals surface area (Å²) in [6.07, 6.45) is 0. The second kappa shape index (κ2) is 6.06. The molecule has 0 saturated carbocycles. The summed E-state index contributed by atoms with van der Waals surface area (Å²) in [7, 11) is 0. The van der Waals surface area contributed by atoms with Gasteiger partial charge in [-0.05, 0) is 45.7 Å². The van der Waals surface area contributed by atoms with Crippen molar-refractivity contribution in [1.29, 1.82) is 0 Å². The summed E-state index contributed by atoms with van der Waals surface area (Å²) in [5.74, 6) is 0.630. The lowest BCUT2D eigenvalue weighted by Gasteiger charge is -2.19. The van der Waals surface area contributed by atoms with E-state index in [-0.39, 0.29) is 12.5 Å². The maximum Gasteiger partial charge on any atom is 0.258 e. The molecule has 4 nitrogen and oxygen atoms in total. The third kappa shape index (κ3) is 5.30. The second-order valence-corrected chi connectivity index (χ2v) is 5.78. The van der Waals surface area contributed by atoms with E-state index in [1.54, 1.807) is 0 Å². The molecule has 1 aromatic rings. The SMILES string of the molecule is Cc1cc(C)c(OCC(=O)NCC(C)(C)N)c(C)c1. The van der Waals surface area contributed by atoms with E-state index in [1.807, 2.05) is 46.8 Å². The van der Waals surface area contributed by atoms with Crippen LogP contribution in [0.25, 0.3) is 0 Å². The average molecular weight is 264 g/mol. The molecule has 0 aliphatic heterocycles. The van der Waals surface area contributed by atoms with Gasteiger partial charge in [0.2, 0.25) is 0 Å². The zero-order valence-corrected chi connectivity index (χ0v) is 12.5. The van der Waals surface area contributed by atoms with E-state index in [2.05, 4.69) is 5.32 Å². The Morgan fingerprint density at radius 1 is 1.26 bits per heavy atom. The van der Waals surface area contributed by atoms with E-state index in [4.69, 9.17) is 10.5 Å². The molecule has 0 aliphatic carbocycles. The summed E-state index contributed by atoms with van der Waals surface area (Å²) < 4.78 is 5.60. The Bertz CT molecular complexity index is 439. The predicted octanol–water partition coefficient (Wildman–Crippen LogP) is 1.84. The molecule has 0 unspecified atom stereocenters. The van der Waals surface area contributed by atoms with Gasteiger partial charge in [0.15, 0.2) is 6.61 Å². The van der Waals surface area contributed by atoms with Crippen molar-refractivity contribution < 1.29 is 9.53 Å². The van der Waals surface area contributed by atoms with E-state index in [0.717, 1.165) is 16.9 Å². The largest absolute Gasteiger partial charge is 0.483 e. The standard InChI is InChI=1S/C15H24N2O2/c1-10-6-11(2)14(12(3)7-10)19-8-13(18)17-9-15(4,5)16/h6-7H,8-9,16H2,1-5H3,(H,17,18). The van der Waals surface area contributed by atoms with Crippen LogP contribution in [0.2, 0.25) is 0 Å². The maximum atomic E-state index is 11.7. The maximum absolute atomic E-state index is 11.7. The Hall–Kier alpha value is -1.55. The lowest BCUT2D eigenvalue weighted by Crippen LogP contribution is -2.46. The van der Waals surface area contributed by atoms with Crippen molar-refractivity contribution in [2.45, 2.75) is 40.2 Å². The molecule has 0 bridgehead atoms. The molecule has 0 heterocycles. The Morgan fingerprint density at radius 3 is 2.26 bits per heavy atom. The summed E-state index contributed by atoms with van der Waals surface area (Å²) in [4.78, 5) is 11.7. The molecule has 4 heteroatoms. The minimum absolute atomic E-state index is 0.0147. The number of hydrogen-bond acceptors (Lipinski definition) is 3. The smallest absolute Gasteiger partial charge is 0.258 e. The molecule has 0 aliphatic rings. The van der Waals surface area contributed by atoms with Crippen molar-refractivity contribution in [2.75, 3.05) is 13.2 Å². The van der Waals surface area contributed by atoms with Gasteiger partial charge in [-0.3, -0.25) is 4.79 Å². The lowest BCUT2D eigenvalue weighted by molar-refractivity contribution is -0.123. The number of amides is 1. The molecule has 1 rings (SSSR count). The number of benzene rings is 1. The molecule has 0 saturated heterocycles. The first kappa shape index (κ1) is 15.5. The first-order valence-corrected chi connectivity index (χ1v) is 6.45. The van der Waals surface area contributed by atoms with Gasteiger partial charge in [0.1, 0.15) is 5.75 Å². The molecule has 106 valence electrons. The first-order chi connectivity index (χ1) is 8.69. The van der Waals surface area contributed by atoms with E-state index < -0.39 is 5.54 Å². The minimum Gasteiger partial charge on any atom is -0.483 e. The van der Waals surface area contributed by atoms with Crippen LogP contribution in [0.3, 0.4) is 0 Å². The topological polar surface area (TPSA) is 64.3 Å². The van der Waals surface area contributed by atoms with E-state index in [1.165, 1.54) is 5.56 Å². The highest BCUT2D eigenvalue weighted by molar-refractivity contribution is 5.77. The number of aryl methyl sites for hydroxylation is 3. The molecule has 1 aromatic carbocycles. The van der Waals surface area contributed by atoms with Gasteiger partial charge in [-0.1, -0.05) is 17.7 Å². The highest BCUT2D eigenvalue weighted by Crippen LogP contribution is 2.24. The summed E-state index contributed by atoms with van der Waals surface area (Å²) in [5, 5.41) is 2.75. The third-order valence-electron chi connectivity index (χ3n) is 2.69. The van der Waals surface area contributed by atoms with Gasteiger partial charge >= 0.3 is 0 Å². The quantitative estimate of drug-likeness (QED) is 0.853. The number of ether oxygens (including phenoxy) is 1. The zero-order chi connectivity index (χ0) is 14.6. The third-order valence-corrected chi connectivity index (χ3v) is 2.69. The highest BCUT2D eigenvalue weighted by atomic mass is 16.5. The van der Waals surface area contributed by atoms with Crippen LogP contribution in [0.5, 0.6) is 5.75 Å². The van der Waals surface area contributed by atoms with Gasteiger partial charge in [-0.25, -0.2) is 0 Å². The molecule has 1 amide bonds. The normalized spacial score (nSPS) is 11.3. The van der Waals surface area contributed by atoms with E-state index in [9.17, 15) is 4.79 Å². The van der Waals surface area contributed by atoms with Crippen molar-refractivity contribution in [3.8, 4) is 5.75 Å². The van der Waals surface area contributed by atoms with Crippen molar-refractivity contribution in [2.24, 2.45) is 5.73 Å². The Morgan fingerprint density at radius 2 is 1.79 bits per heavy atom. The second-order valence-electron chi connectivity index (χ2n) is 5.78. The van der Waals surface area contributed by atoms with E-state index >= 15 is 0 Å². The summed E-state index contributed by atoms with van der Waals surface area (Å²) in [5.41, 5.74) is 8.67. The van der Waals surface area contributed by atoms with Gasteiger partial charge in [0.25, 0.3) is 5.91 Å². The number of carbonyl (C=O) groups excluding carboxylic acids is 1. The fraction of sp³-hybridized carbons (Fsp3) is 0.533. The molecule has 0 radical (unpaired) electrons. The van der Waals surface area contributed by atoms with Crippen LogP contribution >= 0.6 is 0 Å². The van der Waals surface area contributed by atoms with Gasteiger partial charge in [0.05, 0.1) is 0 Å². The van der Waals surface area contributed by atoms with Crippen LogP contribution in [0.1, 0.15) is 30.5 Å². The molecule has 0 atom stereocenters. The van der Waals surface area contributed by atoms with Crippen LogP contribution in [0, 0.1) is 20.8 Å². The molecule has 0 fully saturated rings. The lowest BCUT2D eigenvalue weighted by atomic mass is 10.1. The fourth-order valence-electron chi connectivity index (χ4n) is 1.91. The Kier molecular flexibility index (Phi) is 4.95. The van der Waals surface area contributed by atoms with Crippen molar-refractivity contribution in [3.05, 3.63) is 28.8 Å². The van der Waals surface area contributed by atoms with Crippen molar-refractivity contribution in [1.82, 2.24) is 5.32 Å². The van der Waals surface area contributed by atoms with Crippen molar-refractivity contribution >= 4 is 5.91 Å². The average Bonchev–Trinajstić information content (AvgIpc) is 2.23. The predicted molar refractivity (Wildman–Crippen MR) is 77.4 cm³/mol. The van der Waals surface area contributed by atoms with Gasteiger partial charge in [0, 0.05) is 12.1 Å². The van der Waals surface area contributed by atoms with Crippen LogP contribution in [-0.2, 0) is 4.79 Å². The van der Waals surface area contributed by atoms with E-state index in [0.29, 0.717) is 6.54 Å². The molecule has 0 aromatic heterocycles. The number of carbonyl (C=O) groups is 1. The molecule has 0 spiro atoms. The van der Waals surface area contributed by atoms with Gasteiger partial charge < -0.3 is 15.8 Å². The Balaban J connectivity index is 2.56. The van der Waals surface area contributed by atoms with Crippen LogP contribution < -0.4 is 15.8 Å². The number of hydrogen-bond donors (Lipinski definition) is 2. The molecular formula is C15H24N2O2. The molecule has 19 heavy (non-hydrogen) atoms. The number of nitrogens with two attached hydrogens (primary N) is 1. The van der Waals surface area contributed by atoms with Crippen LogP contribution in [0.15, 0.2) is 12.1 Å². The molecular weight excluding hydrogens is 240 g/mol. The zero-order valence-electron chi connectivity index (χ0n) is 12.5. The van der Waals surface area contributed by atoms with Gasteiger partial charge in [-0.15, -0.1) is 0 Å². The fourth-order valence-corrected chi connectivity index (χ4v) is 1.91. The summed E-state index contributed by atoms with van der Waals surface area (Å²) in [6.45, 7) is 10.2. The number of rotatable bonds is 5. The molecule has 3 N–H and O–H groups in total. The van der Waals surface area contributed by atoms with Gasteiger partial charge in [-0.2, -0.15) is 0 Å². The number of nitrogens with one attached hydrogen (secondary N) is 1. The monoisotopic (exact) mass is 264 g/mol. The van der Waals surface area contributed by atoms with Crippen LogP contribution in [0.4, 0.5) is 0 Å². The van der Waals surface area contributed by atoms with Crippen LogP contribution in [-0.4, -0.2) is 24.6 Å². The first-order valence-electron chi connectivity index (χ1n) is 6.45. The minimum atomic E-state index is -0.411. The Labute approximate surface area is 115 Å². The summed E-state index contributed by atoms with van der Waals surface area (Å²) in [6, 6.07) is 4.09.